The van der Waals surface area contributed by atoms with Crippen LogP contribution >= 0.6 is 23.7 Å². The maximum atomic E-state index is 8.63. The fourth-order valence-electron chi connectivity index (χ4n) is 0.428. The van der Waals surface area contributed by atoms with E-state index in [-0.39, 0.29) is 59.1 Å². The molecule has 64 valence electrons. The minimum Gasteiger partial charge on any atom is -0.769 e. The molecule has 0 amide bonds. The predicted molar refractivity (Wildman–Crippen MR) is 39.8 cm³/mol. The summed E-state index contributed by atoms with van der Waals surface area (Å²) in [7, 11) is 0. The average molecular weight is 243 g/mol. The summed E-state index contributed by atoms with van der Waals surface area (Å²) in [5.41, 5.74) is 0. The molecule has 1 aromatic rings. The van der Waals surface area contributed by atoms with Crippen LogP contribution in [0.5, 0.6) is 5.75 Å². The Hall–Kier alpha value is 1.52. The molecular weight excluding hydrogens is 237 g/mol. The van der Waals surface area contributed by atoms with E-state index in [0.717, 1.165) is 0 Å². The molecule has 0 unspecified atom stereocenters. The van der Waals surface area contributed by atoms with Gasteiger partial charge in [0.05, 0.1) is 0 Å². The first-order valence-electron chi connectivity index (χ1n) is 2.44. The van der Waals surface area contributed by atoms with E-state index in [4.69, 9.17) is 14.4 Å². The summed E-state index contributed by atoms with van der Waals surface area (Å²) >= 11 is 6.78. The molecule has 3 nitrogen and oxygen atoms in total. The van der Waals surface area contributed by atoms with E-state index in [2.05, 4.69) is 23.7 Å². The molecule has 0 saturated heterocycles. The number of benzene rings is 1. The van der Waals surface area contributed by atoms with E-state index < -0.39 is 0 Å². The fraction of sp³-hybridized carbons (Fsp3) is 0. The van der Waals surface area contributed by atoms with Crippen molar-refractivity contribution in [2.75, 3.05) is 0 Å². The van der Waals surface area contributed by atoms with Gasteiger partial charge in [-0.2, -0.15) is 0 Å². The molecule has 7 heteroatoms. The third-order valence-corrected chi connectivity index (χ3v) is 0.756. The summed E-state index contributed by atoms with van der Waals surface area (Å²) < 4.78 is 15.4. The van der Waals surface area contributed by atoms with Crippen LogP contribution in [0.15, 0.2) is 30.3 Å². The van der Waals surface area contributed by atoms with Gasteiger partial charge in [-0.25, -0.2) is 23.7 Å². The molecule has 1 aromatic carbocycles. The van der Waals surface area contributed by atoms with E-state index in [9.17, 15) is 0 Å². The average Bonchev–Trinajstić information content (AvgIpc) is 2.13. The maximum Gasteiger partial charge on any atom is 1.00 e. The van der Waals surface area contributed by atoms with Gasteiger partial charge in [0, 0.05) is 0 Å². The van der Waals surface area contributed by atoms with Gasteiger partial charge in [0.1, 0.15) is 5.75 Å². The second-order valence-electron chi connectivity index (χ2n) is 1.34. The van der Waals surface area contributed by atoms with Crippen molar-refractivity contribution >= 4 is 23.7 Å². The van der Waals surface area contributed by atoms with Gasteiger partial charge in [-0.1, -0.05) is 18.2 Å². The van der Waals surface area contributed by atoms with Crippen LogP contribution in [0.1, 0.15) is 0 Å². The maximum absolute atomic E-state index is 8.63. The zero-order valence-electron chi connectivity index (χ0n) is 7.41. The van der Waals surface area contributed by atoms with Crippen LogP contribution in [0.3, 0.4) is 0 Å². The molecule has 0 fully saturated rings. The zero-order chi connectivity index (χ0) is 9.11. The Morgan fingerprint density at radius 2 is 1.15 bits per heavy atom. The van der Waals surface area contributed by atoms with Crippen molar-refractivity contribution in [3.8, 4) is 5.75 Å². The summed E-state index contributed by atoms with van der Waals surface area (Å²) in [5, 5.41) is 8.63. The van der Waals surface area contributed by atoms with E-state index in [1.54, 1.807) is 24.3 Å². The van der Waals surface area contributed by atoms with Crippen LogP contribution < -0.4 is 68.4 Å². The van der Waals surface area contributed by atoms with Crippen LogP contribution in [-0.2, 0) is 0 Å². The molecule has 0 spiro atoms. The predicted octanol–water partition coefficient (Wildman–Crippen LogP) is -5.60. The second kappa shape index (κ2) is 23.4. The van der Waals surface area contributed by atoms with Crippen LogP contribution in [-0.4, -0.2) is 5.11 Å². The molecule has 0 radical (unpaired) electrons. The van der Waals surface area contributed by atoms with Gasteiger partial charge in [-0.15, -0.1) is 0 Å². The minimum atomic E-state index is 0. The SMILES string of the molecule is Oc1ccccc1.[Na+].[Na+].[O-]Cl.[O-]Cl. The smallest absolute Gasteiger partial charge is 0.769 e. The molecule has 0 aromatic heterocycles. The molecule has 0 aliphatic heterocycles. The first-order valence-corrected chi connectivity index (χ1v) is 3.06. The molecule has 1 N–H and O–H groups in total. The molecule has 0 aliphatic rings. The van der Waals surface area contributed by atoms with Crippen molar-refractivity contribution in [2.24, 2.45) is 0 Å². The van der Waals surface area contributed by atoms with E-state index >= 15 is 0 Å². The van der Waals surface area contributed by atoms with Crippen molar-refractivity contribution < 1.29 is 73.5 Å². The monoisotopic (exact) mass is 242 g/mol. The van der Waals surface area contributed by atoms with Crippen molar-refractivity contribution in [3.63, 3.8) is 0 Å². The fourth-order valence-corrected chi connectivity index (χ4v) is 0.428. The number of phenols is 1. The molecule has 1 rings (SSSR count). The molecule has 0 saturated carbocycles. The van der Waals surface area contributed by atoms with Gasteiger partial charge in [0.15, 0.2) is 0 Å². The Labute approximate surface area is 132 Å². The topological polar surface area (TPSA) is 66.3 Å². The normalized spacial score (nSPS) is 5.54. The number of hydrogen-bond acceptors (Lipinski definition) is 3. The Morgan fingerprint density at radius 1 is 0.846 bits per heavy atom. The second-order valence-corrected chi connectivity index (χ2v) is 1.34. The molecule has 0 atom stereocenters. The Kier molecular flexibility index (Phi) is 43.1. The number of hydrogen-bond donors (Lipinski definition) is 1. The standard InChI is InChI=1S/C6H6O.2ClO.2Na/c7-6-4-2-1-3-5-6;2*1-2;;/h1-5,7H;;;;/q;2*-1;2*+1. The third kappa shape index (κ3) is 19.8. The van der Waals surface area contributed by atoms with Gasteiger partial charge in [0.25, 0.3) is 0 Å². The minimum absolute atomic E-state index is 0. The number of aromatic hydroxyl groups is 1. The van der Waals surface area contributed by atoms with Crippen molar-refractivity contribution in [2.45, 2.75) is 0 Å². The van der Waals surface area contributed by atoms with Crippen LogP contribution in [0.2, 0.25) is 0 Å². The molecule has 0 heterocycles. The van der Waals surface area contributed by atoms with Crippen LogP contribution in [0.4, 0.5) is 0 Å². The Bertz CT molecular complexity index is 154. The molecule has 13 heavy (non-hydrogen) atoms. The Morgan fingerprint density at radius 3 is 1.31 bits per heavy atom. The van der Waals surface area contributed by atoms with Crippen molar-refractivity contribution in [1.82, 2.24) is 0 Å². The van der Waals surface area contributed by atoms with Gasteiger partial charge in [-0.05, 0) is 12.1 Å². The summed E-state index contributed by atoms with van der Waals surface area (Å²) in [4.78, 5) is 0. The van der Waals surface area contributed by atoms with Gasteiger partial charge in [-0.3, -0.25) is 0 Å². The molecule has 0 aliphatic carbocycles. The van der Waals surface area contributed by atoms with Crippen molar-refractivity contribution in [3.05, 3.63) is 30.3 Å². The van der Waals surface area contributed by atoms with E-state index in [1.165, 1.54) is 0 Å². The summed E-state index contributed by atoms with van der Waals surface area (Å²) in [6.07, 6.45) is 0. The zero-order valence-corrected chi connectivity index (χ0v) is 12.9. The number of halogens is 2. The molecule has 0 bridgehead atoms. The summed E-state index contributed by atoms with van der Waals surface area (Å²) in [6, 6.07) is 8.71. The quantitative estimate of drug-likeness (QED) is 0.462. The number of para-hydroxylation sites is 1. The molecular formula is C6H6Cl2Na2O3. The van der Waals surface area contributed by atoms with E-state index in [0.29, 0.717) is 5.75 Å². The number of phenolic OH excluding ortho intramolecular Hbond substituents is 1. The Balaban J connectivity index is -0.0000000607. The van der Waals surface area contributed by atoms with E-state index in [1.807, 2.05) is 6.07 Å². The first kappa shape index (κ1) is 24.0. The van der Waals surface area contributed by atoms with Crippen molar-refractivity contribution in [1.29, 1.82) is 0 Å². The first-order chi connectivity index (χ1) is 5.39. The largest absolute Gasteiger partial charge is 1.00 e. The van der Waals surface area contributed by atoms with Gasteiger partial charge >= 0.3 is 59.1 Å². The van der Waals surface area contributed by atoms with Gasteiger partial charge in [0.2, 0.25) is 0 Å². The number of rotatable bonds is 0. The van der Waals surface area contributed by atoms with Crippen LogP contribution in [0.25, 0.3) is 0 Å². The van der Waals surface area contributed by atoms with Crippen LogP contribution in [0, 0.1) is 0 Å². The third-order valence-electron chi connectivity index (χ3n) is 0.756. The van der Waals surface area contributed by atoms with Gasteiger partial charge < -0.3 is 14.4 Å². The summed E-state index contributed by atoms with van der Waals surface area (Å²) in [6.45, 7) is 0. The summed E-state index contributed by atoms with van der Waals surface area (Å²) in [5.74, 6) is 0.322.